The van der Waals surface area contributed by atoms with E-state index in [4.69, 9.17) is 11.6 Å². The van der Waals surface area contributed by atoms with Gasteiger partial charge in [0, 0.05) is 5.56 Å². The van der Waals surface area contributed by atoms with Crippen LogP contribution in [0.2, 0.25) is 5.02 Å². The Labute approximate surface area is 107 Å². The van der Waals surface area contributed by atoms with Crippen LogP contribution in [-0.2, 0) is 0 Å². The lowest BCUT2D eigenvalue weighted by Crippen LogP contribution is -2.02. The van der Waals surface area contributed by atoms with Gasteiger partial charge < -0.3 is 5.11 Å². The maximum atomic E-state index is 12.9. The predicted molar refractivity (Wildman–Crippen MR) is 68.4 cm³/mol. The van der Waals surface area contributed by atoms with Crippen LogP contribution in [0.4, 0.5) is 4.39 Å². The molecule has 0 aliphatic carbocycles. The molecule has 0 heterocycles. The van der Waals surface area contributed by atoms with Gasteiger partial charge in [-0.15, -0.1) is 0 Å². The van der Waals surface area contributed by atoms with Crippen molar-refractivity contribution in [1.82, 2.24) is 0 Å². The number of aliphatic hydroxyl groups is 1. The van der Waals surface area contributed by atoms with Gasteiger partial charge in [0.15, 0.2) is 0 Å². The van der Waals surface area contributed by atoms with E-state index in [0.29, 0.717) is 12.0 Å². The van der Waals surface area contributed by atoms with Crippen LogP contribution in [0.25, 0.3) is 0 Å². The molecular formula is C14H16ClFO. The molecule has 1 atom stereocenters. The quantitative estimate of drug-likeness (QED) is 0.641. The zero-order valence-electron chi connectivity index (χ0n) is 9.84. The summed E-state index contributed by atoms with van der Waals surface area (Å²) in [7, 11) is 0. The lowest BCUT2D eigenvalue weighted by atomic mass is 10.1. The molecule has 0 radical (unpaired) electrons. The first-order valence-electron chi connectivity index (χ1n) is 5.78. The highest BCUT2D eigenvalue weighted by Gasteiger charge is 2.00. The SMILES string of the molecule is CCCCCC(O)C#Cc1ccc(F)c(Cl)c1. The molecule has 1 rings (SSSR count). The average molecular weight is 255 g/mol. The first kappa shape index (κ1) is 14.0. The third-order valence-electron chi connectivity index (χ3n) is 2.38. The van der Waals surface area contributed by atoms with Gasteiger partial charge in [0.05, 0.1) is 5.02 Å². The fraction of sp³-hybridized carbons (Fsp3) is 0.429. The van der Waals surface area contributed by atoms with Gasteiger partial charge in [-0.25, -0.2) is 4.39 Å². The molecule has 0 aliphatic rings. The molecule has 0 amide bonds. The number of rotatable bonds is 4. The Kier molecular flexibility index (Phi) is 6.04. The molecule has 1 aromatic carbocycles. The largest absolute Gasteiger partial charge is 0.380 e. The van der Waals surface area contributed by atoms with Gasteiger partial charge in [-0.2, -0.15) is 0 Å². The first-order chi connectivity index (χ1) is 8.13. The van der Waals surface area contributed by atoms with Gasteiger partial charge in [-0.05, 0) is 31.0 Å². The zero-order chi connectivity index (χ0) is 12.7. The Hall–Kier alpha value is -1.04. The molecule has 3 heteroatoms. The predicted octanol–water partition coefficient (Wildman–Crippen LogP) is 3.77. The van der Waals surface area contributed by atoms with Gasteiger partial charge in [-0.3, -0.25) is 0 Å². The maximum absolute atomic E-state index is 12.9. The van der Waals surface area contributed by atoms with E-state index in [0.717, 1.165) is 19.3 Å². The summed E-state index contributed by atoms with van der Waals surface area (Å²) in [6.45, 7) is 2.11. The Bertz CT molecular complexity index is 420. The van der Waals surface area contributed by atoms with Gasteiger partial charge in [0.1, 0.15) is 11.9 Å². The molecule has 0 saturated carbocycles. The van der Waals surface area contributed by atoms with E-state index in [1.54, 1.807) is 6.07 Å². The van der Waals surface area contributed by atoms with E-state index in [2.05, 4.69) is 18.8 Å². The number of hydrogen-bond acceptors (Lipinski definition) is 1. The molecule has 1 aromatic rings. The van der Waals surface area contributed by atoms with Gasteiger partial charge in [-0.1, -0.05) is 43.2 Å². The molecule has 92 valence electrons. The van der Waals surface area contributed by atoms with E-state index in [1.165, 1.54) is 12.1 Å². The standard InChI is InChI=1S/C14H16ClFO/c1-2-3-4-5-12(17)8-6-11-7-9-14(16)13(15)10-11/h7,9-10,12,17H,2-5H2,1H3. The molecule has 1 unspecified atom stereocenters. The van der Waals surface area contributed by atoms with Crippen LogP contribution in [0.3, 0.4) is 0 Å². The molecule has 1 nitrogen and oxygen atoms in total. The van der Waals surface area contributed by atoms with Crippen molar-refractivity contribution >= 4 is 11.6 Å². The molecule has 0 bridgehead atoms. The van der Waals surface area contributed by atoms with Crippen molar-refractivity contribution in [2.24, 2.45) is 0 Å². The van der Waals surface area contributed by atoms with E-state index in [1.807, 2.05) is 0 Å². The molecule has 0 saturated heterocycles. The van der Waals surface area contributed by atoms with Crippen molar-refractivity contribution in [2.75, 3.05) is 0 Å². The van der Waals surface area contributed by atoms with Gasteiger partial charge >= 0.3 is 0 Å². The molecule has 0 spiro atoms. The van der Waals surface area contributed by atoms with Crippen LogP contribution in [0.15, 0.2) is 18.2 Å². The van der Waals surface area contributed by atoms with Crippen molar-refractivity contribution in [1.29, 1.82) is 0 Å². The normalized spacial score (nSPS) is 11.8. The average Bonchev–Trinajstić information content (AvgIpc) is 2.31. The van der Waals surface area contributed by atoms with Crippen LogP contribution >= 0.6 is 11.6 Å². The summed E-state index contributed by atoms with van der Waals surface area (Å²) in [5.41, 5.74) is 0.617. The van der Waals surface area contributed by atoms with Gasteiger partial charge in [0.2, 0.25) is 0 Å². The minimum Gasteiger partial charge on any atom is -0.380 e. The zero-order valence-corrected chi connectivity index (χ0v) is 10.6. The van der Waals surface area contributed by atoms with Crippen molar-refractivity contribution in [3.05, 3.63) is 34.6 Å². The fourth-order valence-corrected chi connectivity index (χ4v) is 1.58. The molecule has 0 aromatic heterocycles. The second-order valence-corrected chi connectivity index (χ2v) is 4.32. The lowest BCUT2D eigenvalue weighted by molar-refractivity contribution is 0.217. The highest BCUT2D eigenvalue weighted by atomic mass is 35.5. The van der Waals surface area contributed by atoms with Crippen molar-refractivity contribution in [3.63, 3.8) is 0 Å². The van der Waals surface area contributed by atoms with Crippen LogP contribution in [0.1, 0.15) is 38.2 Å². The maximum Gasteiger partial charge on any atom is 0.141 e. The van der Waals surface area contributed by atoms with E-state index < -0.39 is 11.9 Å². The molecule has 0 fully saturated rings. The van der Waals surface area contributed by atoms with E-state index in [9.17, 15) is 9.50 Å². The number of benzene rings is 1. The molecule has 17 heavy (non-hydrogen) atoms. The number of aliphatic hydroxyl groups excluding tert-OH is 1. The van der Waals surface area contributed by atoms with Crippen LogP contribution < -0.4 is 0 Å². The summed E-state index contributed by atoms with van der Waals surface area (Å²) >= 11 is 5.63. The summed E-state index contributed by atoms with van der Waals surface area (Å²) in [5, 5.41) is 9.63. The van der Waals surface area contributed by atoms with E-state index >= 15 is 0 Å². The Morgan fingerprint density at radius 3 is 2.82 bits per heavy atom. The third kappa shape index (κ3) is 5.21. The van der Waals surface area contributed by atoms with Crippen molar-refractivity contribution < 1.29 is 9.50 Å². The second-order valence-electron chi connectivity index (χ2n) is 3.91. The molecule has 1 N–H and O–H groups in total. The lowest BCUT2D eigenvalue weighted by Gasteiger charge is -2.01. The highest BCUT2D eigenvalue weighted by Crippen LogP contribution is 2.15. The summed E-state index contributed by atoms with van der Waals surface area (Å²) < 4.78 is 12.9. The summed E-state index contributed by atoms with van der Waals surface area (Å²) in [6, 6.07) is 4.28. The Balaban J connectivity index is 2.55. The summed E-state index contributed by atoms with van der Waals surface area (Å²) in [6.07, 6.45) is 3.24. The summed E-state index contributed by atoms with van der Waals surface area (Å²) in [5.74, 6) is 5.06. The third-order valence-corrected chi connectivity index (χ3v) is 2.67. The van der Waals surface area contributed by atoms with Crippen molar-refractivity contribution in [2.45, 2.75) is 38.7 Å². The van der Waals surface area contributed by atoms with E-state index in [-0.39, 0.29) is 5.02 Å². The monoisotopic (exact) mass is 254 g/mol. The van der Waals surface area contributed by atoms with Gasteiger partial charge in [0.25, 0.3) is 0 Å². The number of hydrogen-bond donors (Lipinski definition) is 1. The summed E-state index contributed by atoms with van der Waals surface area (Å²) in [4.78, 5) is 0. The molecular weight excluding hydrogens is 239 g/mol. The highest BCUT2D eigenvalue weighted by molar-refractivity contribution is 6.30. The minimum absolute atomic E-state index is 0.0530. The number of unbranched alkanes of at least 4 members (excludes halogenated alkanes) is 2. The van der Waals surface area contributed by atoms with Crippen LogP contribution in [0.5, 0.6) is 0 Å². The smallest absolute Gasteiger partial charge is 0.141 e. The van der Waals surface area contributed by atoms with Crippen LogP contribution in [-0.4, -0.2) is 11.2 Å². The number of halogens is 2. The Morgan fingerprint density at radius 1 is 1.41 bits per heavy atom. The fourth-order valence-electron chi connectivity index (χ4n) is 1.40. The Morgan fingerprint density at radius 2 is 2.18 bits per heavy atom. The minimum atomic E-state index is -0.620. The first-order valence-corrected chi connectivity index (χ1v) is 6.16. The molecule has 0 aliphatic heterocycles. The second kappa shape index (κ2) is 7.32. The van der Waals surface area contributed by atoms with Crippen molar-refractivity contribution in [3.8, 4) is 11.8 Å². The van der Waals surface area contributed by atoms with Crippen LogP contribution in [0, 0.1) is 17.7 Å². The topological polar surface area (TPSA) is 20.2 Å².